The molecule has 1 aromatic rings. The first-order valence-corrected chi connectivity index (χ1v) is 6.00. The maximum atomic E-state index is 11.8. The lowest BCUT2D eigenvalue weighted by Gasteiger charge is -2.14. The molecule has 0 aliphatic rings. The van der Waals surface area contributed by atoms with Gasteiger partial charge in [-0.1, -0.05) is 6.07 Å². The molecule has 1 rings (SSSR count). The predicted molar refractivity (Wildman–Crippen MR) is 73.2 cm³/mol. The van der Waals surface area contributed by atoms with Crippen LogP contribution in [0.4, 0.5) is 5.69 Å². The molecule has 6 N–H and O–H groups in total. The summed E-state index contributed by atoms with van der Waals surface area (Å²) >= 11 is 0. The summed E-state index contributed by atoms with van der Waals surface area (Å²) in [5, 5.41) is 11.1. The Bertz CT molecular complexity index is 542. The third kappa shape index (κ3) is 4.06. The van der Waals surface area contributed by atoms with Crippen molar-refractivity contribution < 1.29 is 19.5 Å². The first-order valence-electron chi connectivity index (χ1n) is 6.00. The summed E-state index contributed by atoms with van der Waals surface area (Å²) in [5.74, 6) is -2.11. The van der Waals surface area contributed by atoms with Gasteiger partial charge in [0, 0.05) is 17.7 Å². The molecule has 0 aromatic heterocycles. The maximum Gasteiger partial charge on any atom is 0.303 e. The largest absolute Gasteiger partial charge is 0.481 e. The lowest BCUT2D eigenvalue weighted by Crippen LogP contribution is -2.36. The van der Waals surface area contributed by atoms with Crippen LogP contribution in [0.5, 0.6) is 0 Å². The van der Waals surface area contributed by atoms with Crippen LogP contribution in [-0.4, -0.2) is 28.9 Å². The highest BCUT2D eigenvalue weighted by molar-refractivity contribution is 5.99. The van der Waals surface area contributed by atoms with Crippen molar-refractivity contribution >= 4 is 23.5 Å². The minimum absolute atomic E-state index is 0.0374. The van der Waals surface area contributed by atoms with Gasteiger partial charge in [-0.3, -0.25) is 14.4 Å². The van der Waals surface area contributed by atoms with E-state index in [4.69, 9.17) is 16.6 Å². The van der Waals surface area contributed by atoms with Crippen LogP contribution in [0, 0.1) is 6.92 Å². The zero-order valence-corrected chi connectivity index (χ0v) is 11.1. The number of carbonyl (C=O) groups excluding carboxylic acids is 2. The molecule has 7 nitrogen and oxygen atoms in total. The smallest absolute Gasteiger partial charge is 0.303 e. The second-order valence-corrected chi connectivity index (χ2v) is 4.37. The second kappa shape index (κ2) is 6.67. The lowest BCUT2D eigenvalue weighted by molar-refractivity contribution is -0.137. The van der Waals surface area contributed by atoms with Gasteiger partial charge < -0.3 is 21.9 Å². The van der Waals surface area contributed by atoms with Gasteiger partial charge in [-0.15, -0.1) is 0 Å². The standard InChI is InChI=1S/C13H17N3O4/c1-7-8(12(15)19)3-2-4-10(7)16-13(20)9(14)5-6-11(17)18/h2-4,9H,5-6,14H2,1H3,(H2,15,19)(H,16,20)(H,17,18). The van der Waals surface area contributed by atoms with Gasteiger partial charge >= 0.3 is 5.97 Å². The summed E-state index contributed by atoms with van der Waals surface area (Å²) in [5.41, 5.74) is 12.1. The van der Waals surface area contributed by atoms with Gasteiger partial charge in [0.05, 0.1) is 6.04 Å². The fourth-order valence-corrected chi connectivity index (χ4v) is 1.67. The van der Waals surface area contributed by atoms with Crippen molar-refractivity contribution in [2.75, 3.05) is 5.32 Å². The van der Waals surface area contributed by atoms with Gasteiger partial charge in [-0.05, 0) is 31.0 Å². The number of nitrogens with one attached hydrogen (secondary N) is 1. The summed E-state index contributed by atoms with van der Waals surface area (Å²) in [6.45, 7) is 1.65. The van der Waals surface area contributed by atoms with E-state index in [9.17, 15) is 14.4 Å². The third-order valence-corrected chi connectivity index (χ3v) is 2.86. The highest BCUT2D eigenvalue weighted by Crippen LogP contribution is 2.18. The van der Waals surface area contributed by atoms with Crippen molar-refractivity contribution in [3.63, 3.8) is 0 Å². The van der Waals surface area contributed by atoms with Crippen LogP contribution >= 0.6 is 0 Å². The van der Waals surface area contributed by atoms with Crippen molar-refractivity contribution in [2.45, 2.75) is 25.8 Å². The van der Waals surface area contributed by atoms with Crippen LogP contribution in [0.3, 0.4) is 0 Å². The summed E-state index contributed by atoms with van der Waals surface area (Å²) in [7, 11) is 0. The Morgan fingerprint density at radius 1 is 1.35 bits per heavy atom. The summed E-state index contributed by atoms with van der Waals surface area (Å²) in [4.78, 5) is 33.4. The number of carboxylic acid groups (broad SMARTS) is 1. The zero-order chi connectivity index (χ0) is 15.3. The van der Waals surface area contributed by atoms with Crippen LogP contribution in [-0.2, 0) is 9.59 Å². The number of benzene rings is 1. The number of hydrogen-bond acceptors (Lipinski definition) is 4. The maximum absolute atomic E-state index is 11.8. The summed E-state index contributed by atoms with van der Waals surface area (Å²) in [6.07, 6.45) is -0.148. The summed E-state index contributed by atoms with van der Waals surface area (Å²) in [6, 6.07) is 3.83. The minimum atomic E-state index is -1.01. The van der Waals surface area contributed by atoms with E-state index in [0.29, 0.717) is 16.8 Å². The topological polar surface area (TPSA) is 136 Å². The van der Waals surface area contributed by atoms with Gasteiger partial charge in [0.25, 0.3) is 0 Å². The van der Waals surface area contributed by atoms with Gasteiger partial charge in [-0.25, -0.2) is 0 Å². The van der Waals surface area contributed by atoms with Crippen molar-refractivity contribution in [2.24, 2.45) is 11.5 Å². The second-order valence-electron chi connectivity index (χ2n) is 4.37. The van der Waals surface area contributed by atoms with E-state index in [1.807, 2.05) is 0 Å². The Balaban J connectivity index is 2.78. The molecular weight excluding hydrogens is 262 g/mol. The minimum Gasteiger partial charge on any atom is -0.481 e. The molecule has 0 saturated carbocycles. The van der Waals surface area contributed by atoms with Gasteiger partial charge in [0.2, 0.25) is 11.8 Å². The highest BCUT2D eigenvalue weighted by Gasteiger charge is 2.17. The molecule has 7 heteroatoms. The molecule has 1 aromatic carbocycles. The monoisotopic (exact) mass is 279 g/mol. The number of anilines is 1. The molecule has 0 aliphatic heterocycles. The quantitative estimate of drug-likeness (QED) is 0.590. The normalized spacial score (nSPS) is 11.7. The van der Waals surface area contributed by atoms with E-state index in [1.165, 1.54) is 0 Å². The molecule has 108 valence electrons. The fourth-order valence-electron chi connectivity index (χ4n) is 1.67. The average Bonchev–Trinajstić information content (AvgIpc) is 2.37. The SMILES string of the molecule is Cc1c(NC(=O)C(N)CCC(=O)O)cccc1C(N)=O. The van der Waals surface area contributed by atoms with Crippen molar-refractivity contribution in [3.05, 3.63) is 29.3 Å². The first-order chi connectivity index (χ1) is 9.32. The lowest BCUT2D eigenvalue weighted by atomic mass is 10.1. The molecule has 0 bridgehead atoms. The molecule has 0 heterocycles. The molecule has 0 aliphatic carbocycles. The number of primary amides is 1. The molecule has 2 amide bonds. The fraction of sp³-hybridized carbons (Fsp3) is 0.308. The van der Waals surface area contributed by atoms with E-state index in [0.717, 1.165) is 0 Å². The average molecular weight is 279 g/mol. The van der Waals surface area contributed by atoms with E-state index in [-0.39, 0.29) is 12.8 Å². The van der Waals surface area contributed by atoms with Crippen molar-refractivity contribution in [1.82, 2.24) is 0 Å². The number of nitrogens with two attached hydrogens (primary N) is 2. The van der Waals surface area contributed by atoms with E-state index in [2.05, 4.69) is 5.32 Å². The van der Waals surface area contributed by atoms with Crippen LogP contribution < -0.4 is 16.8 Å². The Labute approximate surface area is 115 Å². The number of hydrogen-bond donors (Lipinski definition) is 4. The highest BCUT2D eigenvalue weighted by atomic mass is 16.4. The van der Waals surface area contributed by atoms with Gasteiger partial charge in [0.1, 0.15) is 0 Å². The van der Waals surface area contributed by atoms with Crippen molar-refractivity contribution in [3.8, 4) is 0 Å². The number of amides is 2. The first kappa shape index (κ1) is 15.6. The Kier molecular flexibility index (Phi) is 5.22. The van der Waals surface area contributed by atoms with Crippen molar-refractivity contribution in [1.29, 1.82) is 0 Å². The Morgan fingerprint density at radius 2 is 2.00 bits per heavy atom. The zero-order valence-electron chi connectivity index (χ0n) is 11.1. The number of rotatable bonds is 6. The number of carboxylic acids is 1. The molecule has 0 radical (unpaired) electrons. The molecule has 1 unspecified atom stereocenters. The van der Waals surface area contributed by atoms with Gasteiger partial charge in [0.15, 0.2) is 0 Å². The number of aliphatic carboxylic acids is 1. The summed E-state index contributed by atoms with van der Waals surface area (Å²) < 4.78 is 0. The van der Waals surface area contributed by atoms with Gasteiger partial charge in [-0.2, -0.15) is 0 Å². The molecule has 0 fully saturated rings. The molecular formula is C13H17N3O4. The number of carbonyl (C=O) groups is 3. The third-order valence-electron chi connectivity index (χ3n) is 2.86. The Hall–Kier alpha value is -2.41. The predicted octanol–water partition coefficient (Wildman–Crippen LogP) is 0.225. The molecule has 0 spiro atoms. The van der Waals surface area contributed by atoms with E-state index >= 15 is 0 Å². The molecule has 1 atom stereocenters. The van der Waals surface area contributed by atoms with Crippen LogP contribution in [0.15, 0.2) is 18.2 Å². The molecule has 0 saturated heterocycles. The van der Waals surface area contributed by atoms with Crippen LogP contribution in [0.2, 0.25) is 0 Å². The van der Waals surface area contributed by atoms with E-state index in [1.54, 1.807) is 25.1 Å². The Morgan fingerprint density at radius 3 is 2.55 bits per heavy atom. The van der Waals surface area contributed by atoms with E-state index < -0.39 is 23.8 Å². The van der Waals surface area contributed by atoms with Crippen LogP contribution in [0.1, 0.15) is 28.8 Å². The molecule has 20 heavy (non-hydrogen) atoms. The van der Waals surface area contributed by atoms with Crippen LogP contribution in [0.25, 0.3) is 0 Å².